The van der Waals surface area contributed by atoms with E-state index in [1.807, 2.05) is 23.9 Å². The lowest BCUT2D eigenvalue weighted by molar-refractivity contribution is 0.256. The molecule has 0 atom stereocenters. The van der Waals surface area contributed by atoms with Crippen LogP contribution in [-0.2, 0) is 71.4 Å². The molecule has 0 unspecified atom stereocenters. The molecule has 6 aliphatic rings. The first-order chi connectivity index (χ1) is 29.7. The summed E-state index contributed by atoms with van der Waals surface area (Å²) >= 11 is 0. The first-order valence-corrected chi connectivity index (χ1v) is 24.9. The van der Waals surface area contributed by atoms with E-state index >= 15 is 0 Å². The molecule has 0 saturated carbocycles. The second-order valence-electron chi connectivity index (χ2n) is 17.3. The smallest absolute Gasteiger partial charge is 0.333 e. The van der Waals surface area contributed by atoms with Gasteiger partial charge in [-0.1, -0.05) is 12.1 Å². The third-order valence-electron chi connectivity index (χ3n) is 13.1. The van der Waals surface area contributed by atoms with Crippen molar-refractivity contribution in [1.82, 2.24) is 34.5 Å². The van der Waals surface area contributed by atoms with E-state index < -0.39 is 26.1 Å². The number of nitrogens with one attached hydrogen (secondary N) is 2. The van der Waals surface area contributed by atoms with Gasteiger partial charge in [0, 0.05) is 58.0 Å². The van der Waals surface area contributed by atoms with E-state index in [2.05, 4.69) is 58.8 Å². The van der Waals surface area contributed by atoms with Crippen molar-refractivity contribution < 1.29 is 21.6 Å². The molecule has 4 N–H and O–H groups in total. The summed E-state index contributed by atoms with van der Waals surface area (Å²) in [4.78, 5) is 37.4. The zero-order chi connectivity index (χ0) is 43.6. The summed E-state index contributed by atoms with van der Waals surface area (Å²) in [5.74, 6) is 1.06. The number of rotatable bonds is 6. The maximum Gasteiger partial charge on any atom is 0.333 e. The number of fused-ring (bicyclic) bond motifs is 4. The normalized spacial score (nSPS) is 18.5. The van der Waals surface area contributed by atoms with Crippen LogP contribution in [0.1, 0.15) is 75.8 Å². The minimum atomic E-state index is -4.15. The van der Waals surface area contributed by atoms with Crippen molar-refractivity contribution in [3.8, 4) is 0 Å². The van der Waals surface area contributed by atoms with E-state index in [-0.39, 0.29) is 10.1 Å². The fraction of sp³-hybridized carbons (Fsp3) is 0.523. The minimum Gasteiger partial charge on any atom is -0.353 e. The summed E-state index contributed by atoms with van der Waals surface area (Å²) in [6.45, 7) is 9.01. The summed E-state index contributed by atoms with van der Waals surface area (Å²) in [5, 5.41) is 7.44. The Labute approximate surface area is 365 Å². The van der Waals surface area contributed by atoms with E-state index in [0.29, 0.717) is 11.6 Å². The lowest BCUT2D eigenvalue weighted by Gasteiger charge is -2.33. The standard InChI is InChI=1S/C22H28N6O3S.C13H16.C9H15N5O2S/c1-27-8-10-28(11-9-27)19-13-23-14-20(24-19)32(30,31)26-22(29)25-21-17-6-2-4-15(17)12-16-5-3-7-18(16)21;1-9-12-6-2-4-10(12)8-11-5-3-7-13(9)11;1-13-2-4-14(5-3-13)8-6-11-7-9(12-8)17(10,15)16/h12-14H,2-11H2,1H3,(H2,25,26,29);8H,2-7H2,1H3;6-7H,2-5H2,1H3,(H2,10,15,16). The molecule has 4 aliphatic carbocycles. The first-order valence-electron chi connectivity index (χ1n) is 21.9. The number of nitrogens with zero attached hydrogens (tertiary/aromatic N) is 8. The van der Waals surface area contributed by atoms with Gasteiger partial charge < -0.3 is 24.9 Å². The summed E-state index contributed by atoms with van der Waals surface area (Å²) in [5.41, 5.74) is 14.0. The van der Waals surface area contributed by atoms with Crippen molar-refractivity contribution in [2.75, 3.05) is 81.6 Å². The topological polar surface area (TPSA) is 200 Å². The number of hydrogen-bond acceptors (Lipinski definition) is 13. The van der Waals surface area contributed by atoms with E-state index in [0.717, 1.165) is 114 Å². The van der Waals surface area contributed by atoms with Gasteiger partial charge in [-0.25, -0.2) is 33.0 Å². The van der Waals surface area contributed by atoms with Crippen LogP contribution in [0.15, 0.2) is 47.0 Å². The van der Waals surface area contributed by atoms with Gasteiger partial charge in [0.25, 0.3) is 20.0 Å². The molecule has 0 spiro atoms. The highest BCUT2D eigenvalue weighted by Gasteiger charge is 2.28. The maximum atomic E-state index is 12.9. The average molecular weight is 886 g/mol. The molecule has 4 aromatic rings. The number of carbonyl (C=O) groups is 1. The summed E-state index contributed by atoms with van der Waals surface area (Å²) < 4.78 is 50.2. The minimum absolute atomic E-state index is 0.186. The number of carbonyl (C=O) groups excluding carboxylic acids is 1. The second kappa shape index (κ2) is 18.5. The molecule has 0 radical (unpaired) electrons. The molecular formula is C44H59N11O5S2. The van der Waals surface area contributed by atoms with Crippen LogP contribution in [-0.4, -0.2) is 119 Å². The number of anilines is 3. The van der Waals surface area contributed by atoms with Crippen molar-refractivity contribution >= 4 is 43.4 Å². The van der Waals surface area contributed by atoms with Crippen molar-refractivity contribution in [2.24, 2.45) is 5.14 Å². The van der Waals surface area contributed by atoms with Crippen LogP contribution in [0.4, 0.5) is 22.1 Å². The molecule has 62 heavy (non-hydrogen) atoms. The number of urea groups is 1. The number of nitrogens with two attached hydrogens (primary N) is 1. The highest BCUT2D eigenvalue weighted by molar-refractivity contribution is 7.90. The van der Waals surface area contributed by atoms with Crippen molar-refractivity contribution in [1.29, 1.82) is 0 Å². The predicted octanol–water partition coefficient (Wildman–Crippen LogP) is 3.56. The molecule has 10 rings (SSSR count). The highest BCUT2D eigenvalue weighted by Crippen LogP contribution is 2.39. The molecule has 2 fully saturated rings. The molecule has 18 heteroatoms. The van der Waals surface area contributed by atoms with E-state index in [1.54, 1.807) is 40.2 Å². The summed E-state index contributed by atoms with van der Waals surface area (Å²) in [7, 11) is -3.85. The Bertz CT molecular complexity index is 2470. The number of benzene rings is 2. The van der Waals surface area contributed by atoms with Gasteiger partial charge in [0.15, 0.2) is 10.1 Å². The van der Waals surface area contributed by atoms with E-state index in [4.69, 9.17) is 5.14 Å². The van der Waals surface area contributed by atoms with Gasteiger partial charge >= 0.3 is 6.03 Å². The number of aryl methyl sites for hydroxylation is 4. The Balaban J connectivity index is 0.000000146. The Morgan fingerprint density at radius 2 is 0.984 bits per heavy atom. The van der Waals surface area contributed by atoms with Crippen molar-refractivity contribution in [2.45, 2.75) is 94.0 Å². The number of piperazine rings is 2. The first kappa shape index (κ1) is 43.9. The van der Waals surface area contributed by atoms with Gasteiger partial charge in [0.2, 0.25) is 0 Å². The molecule has 2 amide bonds. The molecule has 16 nitrogen and oxygen atoms in total. The van der Waals surface area contributed by atoms with Gasteiger partial charge in [-0.15, -0.1) is 0 Å². The monoisotopic (exact) mass is 885 g/mol. The average Bonchev–Trinajstić information content (AvgIpc) is 4.10. The van der Waals surface area contributed by atoms with Crippen LogP contribution in [0, 0.1) is 6.92 Å². The zero-order valence-electron chi connectivity index (χ0n) is 36.1. The van der Waals surface area contributed by atoms with Crippen LogP contribution in [0.3, 0.4) is 0 Å². The van der Waals surface area contributed by atoms with Gasteiger partial charge in [-0.05, 0) is 148 Å². The van der Waals surface area contributed by atoms with Crippen LogP contribution < -0.4 is 25.0 Å². The van der Waals surface area contributed by atoms with Gasteiger partial charge in [-0.3, -0.25) is 9.97 Å². The Hall–Kier alpha value is -4.75. The molecule has 332 valence electrons. The van der Waals surface area contributed by atoms with Crippen molar-refractivity contribution in [3.63, 3.8) is 0 Å². The molecule has 0 bridgehead atoms. The highest BCUT2D eigenvalue weighted by atomic mass is 32.2. The fourth-order valence-electron chi connectivity index (χ4n) is 9.70. The predicted molar refractivity (Wildman–Crippen MR) is 240 cm³/mol. The van der Waals surface area contributed by atoms with Crippen LogP contribution in [0.25, 0.3) is 0 Å². The Kier molecular flexibility index (Phi) is 13.1. The third-order valence-corrected chi connectivity index (χ3v) is 15.1. The van der Waals surface area contributed by atoms with Crippen LogP contribution in [0.2, 0.25) is 0 Å². The molecule has 2 saturated heterocycles. The van der Waals surface area contributed by atoms with Gasteiger partial charge in [-0.2, -0.15) is 8.42 Å². The van der Waals surface area contributed by atoms with E-state index in [1.165, 1.54) is 55.8 Å². The van der Waals surface area contributed by atoms with Crippen molar-refractivity contribution in [3.05, 3.63) is 87.0 Å². The summed E-state index contributed by atoms with van der Waals surface area (Å²) in [6.07, 6.45) is 19.5. The van der Waals surface area contributed by atoms with Gasteiger partial charge in [0.05, 0.1) is 24.8 Å². The number of aromatic nitrogens is 4. The van der Waals surface area contributed by atoms with Crippen LogP contribution in [0.5, 0.6) is 0 Å². The third kappa shape index (κ3) is 9.89. The maximum absolute atomic E-state index is 12.9. The lowest BCUT2D eigenvalue weighted by Crippen LogP contribution is -2.45. The fourth-order valence-corrected chi connectivity index (χ4v) is 10.9. The quantitative estimate of drug-likeness (QED) is 0.254. The van der Waals surface area contributed by atoms with E-state index in [9.17, 15) is 21.6 Å². The largest absolute Gasteiger partial charge is 0.353 e. The molecule has 2 aromatic heterocycles. The second-order valence-corrected chi connectivity index (χ2v) is 20.5. The number of amides is 2. The number of sulfonamides is 2. The van der Waals surface area contributed by atoms with Gasteiger partial charge in [0.1, 0.15) is 11.6 Å². The Morgan fingerprint density at radius 1 is 0.581 bits per heavy atom. The SMILES string of the molecule is CN1CCN(c2cncc(S(=O)(=O)NC(=O)Nc3c4c(cc5c3CCC5)CCC4)n2)CC1.CN1CCN(c2cncc(S(N)(=O)=O)n2)CC1.Cc1c2c(cc3c1CCC3)CCC2. The summed E-state index contributed by atoms with van der Waals surface area (Å²) in [6, 6.07) is 4.01. The lowest BCUT2D eigenvalue weighted by atomic mass is 9.95. The zero-order valence-corrected chi connectivity index (χ0v) is 37.8. The molecular weight excluding hydrogens is 827 g/mol. The number of hydrogen-bond donors (Lipinski definition) is 3. The number of likely N-dealkylation sites (N-methyl/N-ethyl adjacent to an activating group) is 2. The molecule has 2 aliphatic heterocycles. The number of primary sulfonamides is 1. The Morgan fingerprint density at radius 3 is 1.44 bits per heavy atom. The van der Waals surface area contributed by atoms with Crippen LogP contribution >= 0.6 is 0 Å². The molecule has 4 heterocycles. The molecule has 2 aromatic carbocycles.